The summed E-state index contributed by atoms with van der Waals surface area (Å²) in [4.78, 5) is 0. The van der Waals surface area contributed by atoms with Crippen LogP contribution in [0.25, 0.3) is 0 Å². The molecule has 112 valence electrons. The van der Waals surface area contributed by atoms with E-state index in [1.54, 1.807) is 0 Å². The molecule has 0 aromatic heterocycles. The largest absolute Gasteiger partial charge is 0.491 e. The first-order valence-electron chi connectivity index (χ1n) is 7.17. The van der Waals surface area contributed by atoms with Crippen LogP contribution in [0.3, 0.4) is 0 Å². The van der Waals surface area contributed by atoms with Crippen molar-refractivity contribution in [3.63, 3.8) is 0 Å². The Morgan fingerprint density at radius 3 is 2.60 bits per heavy atom. The molecule has 1 aromatic rings. The molecule has 0 heterocycles. The van der Waals surface area contributed by atoms with E-state index in [1.807, 2.05) is 37.3 Å². The van der Waals surface area contributed by atoms with Crippen molar-refractivity contribution in [1.82, 2.24) is 5.32 Å². The predicted octanol–water partition coefficient (Wildman–Crippen LogP) is 3.55. The van der Waals surface area contributed by atoms with E-state index < -0.39 is 0 Å². The maximum atomic E-state index is 5.79. The second kappa shape index (κ2) is 8.77. The lowest BCUT2D eigenvalue weighted by molar-refractivity contribution is 0.120. The van der Waals surface area contributed by atoms with Gasteiger partial charge in [0.2, 0.25) is 0 Å². The minimum absolute atomic E-state index is 0.0999. The Labute approximate surface area is 123 Å². The third kappa shape index (κ3) is 7.31. The number of nitrogens with one attached hydrogen (secondary N) is 1. The number of allylic oxidation sites excluding steroid dienone is 1. The Balaban J connectivity index is 2.41. The van der Waals surface area contributed by atoms with Gasteiger partial charge in [-0.2, -0.15) is 0 Å². The normalized spacial score (nSPS) is 12.0. The van der Waals surface area contributed by atoms with Gasteiger partial charge in [0.25, 0.3) is 0 Å². The quantitative estimate of drug-likeness (QED) is 0.582. The second-order valence-electron chi connectivity index (χ2n) is 5.70. The SMILES string of the molecule is CC=CCOCCOc1ccccc1CNC(C)(C)C. The van der Waals surface area contributed by atoms with Crippen molar-refractivity contribution >= 4 is 0 Å². The molecule has 1 N–H and O–H groups in total. The van der Waals surface area contributed by atoms with Crippen LogP contribution in [-0.4, -0.2) is 25.4 Å². The molecule has 0 aliphatic heterocycles. The van der Waals surface area contributed by atoms with Gasteiger partial charge in [0.1, 0.15) is 12.4 Å². The van der Waals surface area contributed by atoms with E-state index >= 15 is 0 Å². The molecule has 1 aromatic carbocycles. The monoisotopic (exact) mass is 277 g/mol. The molecule has 3 heteroatoms. The number of hydrogen-bond donors (Lipinski definition) is 1. The van der Waals surface area contributed by atoms with E-state index in [9.17, 15) is 0 Å². The molecule has 0 amide bonds. The van der Waals surface area contributed by atoms with Crippen LogP contribution in [0.15, 0.2) is 36.4 Å². The van der Waals surface area contributed by atoms with E-state index in [-0.39, 0.29) is 5.54 Å². The number of hydrogen-bond acceptors (Lipinski definition) is 3. The summed E-state index contributed by atoms with van der Waals surface area (Å²) in [6, 6.07) is 8.13. The summed E-state index contributed by atoms with van der Waals surface area (Å²) in [5.41, 5.74) is 1.28. The summed E-state index contributed by atoms with van der Waals surface area (Å²) in [5.74, 6) is 0.930. The van der Waals surface area contributed by atoms with Crippen LogP contribution in [0.2, 0.25) is 0 Å². The third-order valence-corrected chi connectivity index (χ3v) is 2.72. The van der Waals surface area contributed by atoms with Crippen LogP contribution >= 0.6 is 0 Å². The first-order chi connectivity index (χ1) is 9.53. The summed E-state index contributed by atoms with van der Waals surface area (Å²) in [6.45, 7) is 11.1. The Kier molecular flexibility index (Phi) is 7.34. The Morgan fingerprint density at radius 2 is 1.90 bits per heavy atom. The van der Waals surface area contributed by atoms with Crippen molar-refractivity contribution in [3.8, 4) is 5.75 Å². The van der Waals surface area contributed by atoms with Crippen molar-refractivity contribution in [2.45, 2.75) is 39.8 Å². The van der Waals surface area contributed by atoms with E-state index in [0.29, 0.717) is 19.8 Å². The molecule has 0 fully saturated rings. The summed E-state index contributed by atoms with van der Waals surface area (Å²) in [6.07, 6.45) is 3.97. The van der Waals surface area contributed by atoms with Crippen molar-refractivity contribution in [2.24, 2.45) is 0 Å². The van der Waals surface area contributed by atoms with Gasteiger partial charge in [-0.3, -0.25) is 0 Å². The highest BCUT2D eigenvalue weighted by Gasteiger charge is 2.10. The zero-order valence-corrected chi connectivity index (χ0v) is 13.1. The molecule has 0 aliphatic carbocycles. The van der Waals surface area contributed by atoms with Crippen LogP contribution in [0.5, 0.6) is 5.75 Å². The summed E-state index contributed by atoms with van der Waals surface area (Å²) in [5, 5.41) is 3.48. The first kappa shape index (κ1) is 16.7. The van der Waals surface area contributed by atoms with Gasteiger partial charge in [-0.15, -0.1) is 0 Å². The summed E-state index contributed by atoms with van der Waals surface area (Å²) >= 11 is 0. The average Bonchev–Trinajstić information content (AvgIpc) is 2.40. The van der Waals surface area contributed by atoms with Gasteiger partial charge in [-0.1, -0.05) is 30.4 Å². The number of ether oxygens (including phenoxy) is 2. The van der Waals surface area contributed by atoms with Gasteiger partial charge in [0.05, 0.1) is 13.2 Å². The Hall–Kier alpha value is -1.32. The fraction of sp³-hybridized carbons (Fsp3) is 0.529. The van der Waals surface area contributed by atoms with E-state index in [2.05, 4.69) is 32.2 Å². The minimum atomic E-state index is 0.0999. The standard InChI is InChI=1S/C17H27NO2/c1-5-6-11-19-12-13-20-16-10-8-7-9-15(16)14-18-17(2,3)4/h5-10,18H,11-14H2,1-4H3. The molecule has 0 unspecified atom stereocenters. The minimum Gasteiger partial charge on any atom is -0.491 e. The molecular weight excluding hydrogens is 250 g/mol. The van der Waals surface area contributed by atoms with Gasteiger partial charge < -0.3 is 14.8 Å². The summed E-state index contributed by atoms with van der Waals surface area (Å²) < 4.78 is 11.2. The average molecular weight is 277 g/mol. The number of benzene rings is 1. The molecule has 0 spiro atoms. The highest BCUT2D eigenvalue weighted by molar-refractivity contribution is 5.33. The maximum absolute atomic E-state index is 5.79. The topological polar surface area (TPSA) is 30.5 Å². The molecule has 0 saturated heterocycles. The molecule has 0 bridgehead atoms. The highest BCUT2D eigenvalue weighted by Crippen LogP contribution is 2.18. The molecular formula is C17H27NO2. The van der Waals surface area contributed by atoms with Crippen LogP contribution in [0.4, 0.5) is 0 Å². The molecule has 0 atom stereocenters. The van der Waals surface area contributed by atoms with Crippen molar-refractivity contribution < 1.29 is 9.47 Å². The molecule has 0 aliphatic rings. The van der Waals surface area contributed by atoms with E-state index in [0.717, 1.165) is 12.3 Å². The number of para-hydroxylation sites is 1. The molecule has 1 rings (SSSR count). The lowest BCUT2D eigenvalue weighted by atomic mass is 10.1. The number of rotatable bonds is 8. The van der Waals surface area contributed by atoms with Crippen LogP contribution in [-0.2, 0) is 11.3 Å². The summed E-state index contributed by atoms with van der Waals surface area (Å²) in [7, 11) is 0. The van der Waals surface area contributed by atoms with Gasteiger partial charge in [-0.25, -0.2) is 0 Å². The van der Waals surface area contributed by atoms with Gasteiger partial charge in [0.15, 0.2) is 0 Å². The first-order valence-corrected chi connectivity index (χ1v) is 7.17. The molecule has 0 radical (unpaired) electrons. The van der Waals surface area contributed by atoms with E-state index in [4.69, 9.17) is 9.47 Å². The van der Waals surface area contributed by atoms with Crippen LogP contribution in [0.1, 0.15) is 33.3 Å². The van der Waals surface area contributed by atoms with Crippen molar-refractivity contribution in [1.29, 1.82) is 0 Å². The smallest absolute Gasteiger partial charge is 0.123 e. The molecule has 3 nitrogen and oxygen atoms in total. The van der Waals surface area contributed by atoms with Crippen molar-refractivity contribution in [2.75, 3.05) is 19.8 Å². The maximum Gasteiger partial charge on any atom is 0.123 e. The fourth-order valence-corrected chi connectivity index (χ4v) is 1.61. The van der Waals surface area contributed by atoms with E-state index in [1.165, 1.54) is 5.56 Å². The Bertz CT molecular complexity index is 408. The van der Waals surface area contributed by atoms with Crippen LogP contribution < -0.4 is 10.1 Å². The van der Waals surface area contributed by atoms with Gasteiger partial charge in [0, 0.05) is 17.6 Å². The fourth-order valence-electron chi connectivity index (χ4n) is 1.61. The van der Waals surface area contributed by atoms with Gasteiger partial charge in [-0.05, 0) is 33.8 Å². The van der Waals surface area contributed by atoms with Crippen LogP contribution in [0, 0.1) is 0 Å². The lowest BCUT2D eigenvalue weighted by Crippen LogP contribution is -2.35. The zero-order chi connectivity index (χ0) is 14.8. The second-order valence-corrected chi connectivity index (χ2v) is 5.70. The lowest BCUT2D eigenvalue weighted by Gasteiger charge is -2.21. The Morgan fingerprint density at radius 1 is 1.15 bits per heavy atom. The highest BCUT2D eigenvalue weighted by atomic mass is 16.5. The molecule has 0 saturated carbocycles. The molecule has 20 heavy (non-hydrogen) atoms. The van der Waals surface area contributed by atoms with Gasteiger partial charge >= 0.3 is 0 Å². The third-order valence-electron chi connectivity index (χ3n) is 2.72. The predicted molar refractivity (Wildman–Crippen MR) is 84.2 cm³/mol. The zero-order valence-electron chi connectivity index (χ0n) is 13.1. The van der Waals surface area contributed by atoms with Crippen molar-refractivity contribution in [3.05, 3.63) is 42.0 Å².